The van der Waals surface area contributed by atoms with Crippen LogP contribution in [-0.2, 0) is 17.5 Å². The Labute approximate surface area is 190 Å². The lowest BCUT2D eigenvalue weighted by atomic mass is 9.99. The molecule has 1 aromatic heterocycles. The maximum atomic E-state index is 13.1. The second-order valence-electron chi connectivity index (χ2n) is 8.10. The Balaban J connectivity index is 1.82. The molecule has 0 radical (unpaired) electrons. The first-order chi connectivity index (χ1) is 15.1. The Kier molecular flexibility index (Phi) is 7.53. The average Bonchev–Trinajstić information content (AvgIpc) is 2.76. The number of hydrogen-bond donors (Lipinski definition) is 1. The molecule has 1 aliphatic rings. The predicted octanol–water partition coefficient (Wildman–Crippen LogP) is 4.20. The third-order valence-electron chi connectivity index (χ3n) is 5.54. The van der Waals surface area contributed by atoms with Gasteiger partial charge >= 0.3 is 6.18 Å². The molecule has 1 saturated heterocycles. The van der Waals surface area contributed by atoms with Gasteiger partial charge in [0.05, 0.1) is 6.04 Å². The van der Waals surface area contributed by atoms with Crippen LogP contribution in [0.2, 0.25) is 0 Å². The van der Waals surface area contributed by atoms with E-state index in [0.29, 0.717) is 26.2 Å². The topological polar surface area (TPSA) is 61.4 Å². The van der Waals surface area contributed by atoms with Crippen molar-refractivity contribution >= 4 is 29.3 Å². The van der Waals surface area contributed by atoms with Crippen LogP contribution < -0.4 is 15.1 Å². The second kappa shape index (κ2) is 9.97. The fraction of sp³-hybridized carbons (Fsp3) is 0.500. The number of amides is 1. The molecule has 1 unspecified atom stereocenters. The van der Waals surface area contributed by atoms with Crippen LogP contribution in [0.3, 0.4) is 0 Å². The Morgan fingerprint density at radius 2 is 2.03 bits per heavy atom. The predicted molar refractivity (Wildman–Crippen MR) is 121 cm³/mol. The van der Waals surface area contributed by atoms with E-state index in [0.717, 1.165) is 22.2 Å². The van der Waals surface area contributed by atoms with Crippen molar-refractivity contribution in [2.24, 2.45) is 5.92 Å². The molecule has 6 nitrogen and oxygen atoms in total. The van der Waals surface area contributed by atoms with Crippen molar-refractivity contribution in [1.29, 1.82) is 0 Å². The molecule has 174 valence electrons. The standard InChI is InChI=1S/C22H28F3N5OS/c1-14(2)18-13-29(17-6-5-16(12-27-15(3)31)19(11-17)32-4)9-10-30(18)21-26-8-7-20(28-21)22(23,24)25/h5-8,11,14,18H,9-10,12-13H2,1-4H3,(H,27,31). The van der Waals surface area contributed by atoms with Crippen LogP contribution in [0.5, 0.6) is 0 Å². The highest BCUT2D eigenvalue weighted by molar-refractivity contribution is 7.98. The number of nitrogens with zero attached hydrogens (tertiary/aromatic N) is 4. The third-order valence-corrected chi connectivity index (χ3v) is 6.36. The molecule has 1 N–H and O–H groups in total. The lowest BCUT2D eigenvalue weighted by Crippen LogP contribution is -2.56. The molecule has 2 aromatic rings. The molecule has 2 heterocycles. The van der Waals surface area contributed by atoms with Crippen molar-refractivity contribution in [2.45, 2.75) is 44.4 Å². The SMILES string of the molecule is CSc1cc(N2CCN(c3nccc(C(F)(F)F)n3)C(C(C)C)C2)ccc1CNC(C)=O. The Bertz CT molecular complexity index is 953. The van der Waals surface area contributed by atoms with Gasteiger partial charge in [-0.1, -0.05) is 19.9 Å². The number of rotatable bonds is 6. The van der Waals surface area contributed by atoms with Crippen LogP contribution in [0.25, 0.3) is 0 Å². The van der Waals surface area contributed by atoms with Crippen LogP contribution in [0.4, 0.5) is 24.8 Å². The minimum absolute atomic E-state index is 0.0379. The molecule has 1 aliphatic heterocycles. The molecule has 3 rings (SSSR count). The van der Waals surface area contributed by atoms with Crippen molar-refractivity contribution in [2.75, 3.05) is 35.7 Å². The highest BCUT2D eigenvalue weighted by Crippen LogP contribution is 2.32. The third kappa shape index (κ3) is 5.65. The minimum atomic E-state index is -4.50. The van der Waals surface area contributed by atoms with Crippen LogP contribution in [0.15, 0.2) is 35.4 Å². The van der Waals surface area contributed by atoms with Gasteiger partial charge in [-0.3, -0.25) is 4.79 Å². The molecule has 0 bridgehead atoms. The van der Waals surface area contributed by atoms with E-state index >= 15 is 0 Å². The summed E-state index contributed by atoms with van der Waals surface area (Å²) in [5.74, 6) is 0.234. The number of aromatic nitrogens is 2. The summed E-state index contributed by atoms with van der Waals surface area (Å²) in [6, 6.07) is 7.02. The molecule has 1 aromatic carbocycles. The molecule has 1 atom stereocenters. The lowest BCUT2D eigenvalue weighted by Gasteiger charge is -2.44. The van der Waals surface area contributed by atoms with Gasteiger partial charge in [-0.2, -0.15) is 13.2 Å². The Morgan fingerprint density at radius 3 is 2.66 bits per heavy atom. The number of carbonyl (C=O) groups is 1. The Morgan fingerprint density at radius 1 is 1.28 bits per heavy atom. The molecular weight excluding hydrogens is 439 g/mol. The maximum Gasteiger partial charge on any atom is 0.433 e. The van der Waals surface area contributed by atoms with Crippen molar-refractivity contribution in [1.82, 2.24) is 15.3 Å². The molecule has 32 heavy (non-hydrogen) atoms. The fourth-order valence-electron chi connectivity index (χ4n) is 3.80. The molecule has 10 heteroatoms. The number of hydrogen-bond acceptors (Lipinski definition) is 6. The molecule has 1 amide bonds. The van der Waals surface area contributed by atoms with Crippen molar-refractivity contribution < 1.29 is 18.0 Å². The summed E-state index contributed by atoms with van der Waals surface area (Å²) in [4.78, 5) is 24.4. The van der Waals surface area contributed by atoms with Gasteiger partial charge in [-0.15, -0.1) is 11.8 Å². The van der Waals surface area contributed by atoms with Gasteiger partial charge < -0.3 is 15.1 Å². The molecule has 0 spiro atoms. The van der Waals surface area contributed by atoms with Gasteiger partial charge in [0.25, 0.3) is 0 Å². The molecule has 1 fully saturated rings. The summed E-state index contributed by atoms with van der Waals surface area (Å²) in [6.45, 7) is 7.88. The van der Waals surface area contributed by atoms with Crippen molar-refractivity contribution in [3.63, 3.8) is 0 Å². The van der Waals surface area contributed by atoms with Gasteiger partial charge in [0.1, 0.15) is 5.69 Å². The van der Waals surface area contributed by atoms with E-state index in [9.17, 15) is 18.0 Å². The summed E-state index contributed by atoms with van der Waals surface area (Å²) >= 11 is 1.62. The smallest absolute Gasteiger partial charge is 0.368 e. The zero-order valence-electron chi connectivity index (χ0n) is 18.6. The number of benzene rings is 1. The second-order valence-corrected chi connectivity index (χ2v) is 8.94. The van der Waals surface area contributed by atoms with Crippen LogP contribution in [0, 0.1) is 5.92 Å². The van der Waals surface area contributed by atoms with E-state index in [2.05, 4.69) is 40.1 Å². The van der Waals surface area contributed by atoms with E-state index in [1.165, 1.54) is 13.1 Å². The summed E-state index contributed by atoms with van der Waals surface area (Å²) in [5, 5.41) is 2.83. The highest BCUT2D eigenvalue weighted by atomic mass is 32.2. The van der Waals surface area contributed by atoms with Gasteiger partial charge in [-0.25, -0.2) is 9.97 Å². The first kappa shape index (κ1) is 24.2. The summed E-state index contributed by atoms with van der Waals surface area (Å²) < 4.78 is 39.4. The number of piperazine rings is 1. The van der Waals surface area contributed by atoms with Crippen LogP contribution >= 0.6 is 11.8 Å². The zero-order chi connectivity index (χ0) is 23.5. The highest BCUT2D eigenvalue weighted by Gasteiger charge is 2.35. The maximum absolute atomic E-state index is 13.1. The minimum Gasteiger partial charge on any atom is -0.368 e. The molecular formula is C22H28F3N5OS. The Hall–Kier alpha value is -2.49. The summed E-state index contributed by atoms with van der Waals surface area (Å²) in [5.41, 5.74) is 1.18. The van der Waals surface area contributed by atoms with Crippen LogP contribution in [-0.4, -0.2) is 47.8 Å². The molecule has 0 aliphatic carbocycles. The number of carbonyl (C=O) groups excluding carboxylic acids is 1. The average molecular weight is 468 g/mol. The largest absolute Gasteiger partial charge is 0.433 e. The first-order valence-electron chi connectivity index (χ1n) is 10.4. The van der Waals surface area contributed by atoms with Crippen molar-refractivity contribution in [3.8, 4) is 0 Å². The number of alkyl halides is 3. The normalized spacial score (nSPS) is 17.1. The summed E-state index contributed by atoms with van der Waals surface area (Å²) in [6.07, 6.45) is -1.33. The monoisotopic (exact) mass is 467 g/mol. The number of thioether (sulfide) groups is 1. The van der Waals surface area contributed by atoms with E-state index in [4.69, 9.17) is 0 Å². The quantitative estimate of drug-likeness (QED) is 0.643. The van der Waals surface area contributed by atoms with Gasteiger partial charge in [0.15, 0.2) is 0 Å². The number of anilines is 2. The van der Waals surface area contributed by atoms with E-state index in [1.807, 2.05) is 23.3 Å². The van der Waals surface area contributed by atoms with Gasteiger partial charge in [0, 0.05) is 49.9 Å². The lowest BCUT2D eigenvalue weighted by molar-refractivity contribution is -0.141. The van der Waals surface area contributed by atoms with Gasteiger partial charge in [-0.05, 0) is 35.9 Å². The van der Waals surface area contributed by atoms with E-state index in [-0.39, 0.29) is 23.8 Å². The van der Waals surface area contributed by atoms with E-state index in [1.54, 1.807) is 11.8 Å². The zero-order valence-corrected chi connectivity index (χ0v) is 19.4. The molecule has 0 saturated carbocycles. The first-order valence-corrected chi connectivity index (χ1v) is 11.7. The van der Waals surface area contributed by atoms with Crippen molar-refractivity contribution in [3.05, 3.63) is 41.7 Å². The fourth-order valence-corrected chi connectivity index (χ4v) is 4.44. The number of halogens is 3. The summed E-state index contributed by atoms with van der Waals surface area (Å²) in [7, 11) is 0. The van der Waals surface area contributed by atoms with Crippen LogP contribution in [0.1, 0.15) is 32.0 Å². The van der Waals surface area contributed by atoms with Gasteiger partial charge in [0.2, 0.25) is 11.9 Å². The van der Waals surface area contributed by atoms with E-state index < -0.39 is 11.9 Å². The number of nitrogens with one attached hydrogen (secondary N) is 1.